The molecule has 2 aromatic heterocycles. The van der Waals surface area contributed by atoms with Crippen LogP contribution in [0.1, 0.15) is 21.1 Å². The standard InChI is InChI=1S/C17H16N6OS/c1-19-15(24)16-22-12-6-5-9-8-20-17(23-13(9)14(12)25-16)21-11-4-2-3-10(18)7-11/h2-4,7-8H,5-6,18H2,1H3,(H,19,24)(H,20,21,23). The van der Waals surface area contributed by atoms with Crippen LogP contribution in [0.25, 0.3) is 10.6 Å². The summed E-state index contributed by atoms with van der Waals surface area (Å²) in [6.45, 7) is 0. The van der Waals surface area contributed by atoms with Gasteiger partial charge in [-0.1, -0.05) is 6.07 Å². The van der Waals surface area contributed by atoms with Crippen molar-refractivity contribution in [2.45, 2.75) is 12.8 Å². The highest BCUT2D eigenvalue weighted by atomic mass is 32.1. The van der Waals surface area contributed by atoms with Crippen LogP contribution in [0.4, 0.5) is 17.3 Å². The number of nitrogens with zero attached hydrogens (tertiary/aromatic N) is 3. The molecular formula is C17H16N6OS. The number of nitrogens with one attached hydrogen (secondary N) is 2. The Kier molecular flexibility index (Phi) is 3.81. The van der Waals surface area contributed by atoms with E-state index in [1.165, 1.54) is 11.3 Å². The summed E-state index contributed by atoms with van der Waals surface area (Å²) in [4.78, 5) is 26.3. The van der Waals surface area contributed by atoms with Crippen molar-refractivity contribution in [3.63, 3.8) is 0 Å². The van der Waals surface area contributed by atoms with Crippen molar-refractivity contribution in [1.29, 1.82) is 0 Å². The molecule has 0 spiro atoms. The predicted octanol–water partition coefficient (Wildman–Crippen LogP) is 2.38. The molecule has 8 heteroatoms. The lowest BCUT2D eigenvalue weighted by molar-refractivity contribution is 0.0962. The lowest BCUT2D eigenvalue weighted by Crippen LogP contribution is -2.17. The molecule has 1 aliphatic rings. The molecule has 4 rings (SSSR count). The van der Waals surface area contributed by atoms with Gasteiger partial charge < -0.3 is 16.4 Å². The quantitative estimate of drug-likeness (QED) is 0.625. The molecule has 0 bridgehead atoms. The van der Waals surface area contributed by atoms with Crippen molar-refractivity contribution >= 4 is 34.6 Å². The molecule has 1 amide bonds. The second kappa shape index (κ2) is 6.14. The van der Waals surface area contributed by atoms with Gasteiger partial charge in [0.1, 0.15) is 0 Å². The summed E-state index contributed by atoms with van der Waals surface area (Å²) in [5.74, 6) is 0.320. The molecule has 0 radical (unpaired) electrons. The number of benzene rings is 1. The monoisotopic (exact) mass is 352 g/mol. The minimum Gasteiger partial charge on any atom is -0.399 e. The first kappa shape index (κ1) is 15.5. The van der Waals surface area contributed by atoms with Crippen molar-refractivity contribution in [2.75, 3.05) is 18.1 Å². The summed E-state index contributed by atoms with van der Waals surface area (Å²) in [5.41, 5.74) is 10.1. The number of nitrogen functional groups attached to an aromatic ring is 1. The van der Waals surface area contributed by atoms with Gasteiger partial charge in [-0.15, -0.1) is 11.3 Å². The number of rotatable bonds is 3. The highest BCUT2D eigenvalue weighted by molar-refractivity contribution is 7.17. The molecule has 0 unspecified atom stereocenters. The largest absolute Gasteiger partial charge is 0.399 e. The van der Waals surface area contributed by atoms with Crippen LogP contribution in [0.3, 0.4) is 0 Å². The fourth-order valence-electron chi connectivity index (χ4n) is 2.76. The maximum absolute atomic E-state index is 11.9. The predicted molar refractivity (Wildman–Crippen MR) is 98.1 cm³/mol. The first-order chi connectivity index (χ1) is 12.1. The Morgan fingerprint density at radius 3 is 2.96 bits per heavy atom. The van der Waals surface area contributed by atoms with E-state index in [1.807, 2.05) is 30.5 Å². The van der Waals surface area contributed by atoms with E-state index >= 15 is 0 Å². The molecule has 4 N–H and O–H groups in total. The van der Waals surface area contributed by atoms with Crippen LogP contribution in [0, 0.1) is 0 Å². The van der Waals surface area contributed by atoms with E-state index in [0.29, 0.717) is 16.6 Å². The number of anilines is 3. The Morgan fingerprint density at radius 1 is 1.28 bits per heavy atom. The summed E-state index contributed by atoms with van der Waals surface area (Å²) in [6.07, 6.45) is 3.44. The summed E-state index contributed by atoms with van der Waals surface area (Å²) < 4.78 is 0. The molecular weight excluding hydrogens is 336 g/mol. The molecule has 7 nitrogen and oxygen atoms in total. The maximum Gasteiger partial charge on any atom is 0.280 e. The SMILES string of the molecule is CNC(=O)c1nc2c(s1)-c1nc(Nc3cccc(N)c3)ncc1CC2. The topological polar surface area (TPSA) is 106 Å². The van der Waals surface area contributed by atoms with E-state index < -0.39 is 0 Å². The van der Waals surface area contributed by atoms with E-state index in [-0.39, 0.29) is 5.91 Å². The maximum atomic E-state index is 11.9. The average Bonchev–Trinajstić information content (AvgIpc) is 3.06. The van der Waals surface area contributed by atoms with Gasteiger partial charge in [-0.2, -0.15) is 0 Å². The Morgan fingerprint density at radius 2 is 2.16 bits per heavy atom. The van der Waals surface area contributed by atoms with Crippen molar-refractivity contribution in [2.24, 2.45) is 0 Å². The minimum atomic E-state index is -0.173. The Bertz CT molecular complexity index is 968. The number of hydrogen-bond acceptors (Lipinski definition) is 7. The van der Waals surface area contributed by atoms with Crippen molar-refractivity contribution in [3.05, 3.63) is 46.7 Å². The fraction of sp³-hybridized carbons (Fsp3) is 0.176. The molecule has 0 atom stereocenters. The van der Waals surface area contributed by atoms with Gasteiger partial charge in [0.25, 0.3) is 5.91 Å². The molecule has 1 aliphatic carbocycles. The molecule has 0 saturated heterocycles. The number of amides is 1. The van der Waals surface area contributed by atoms with Crippen LogP contribution in [-0.4, -0.2) is 27.9 Å². The Hall–Kier alpha value is -3.00. The molecule has 1 aromatic carbocycles. The number of nitrogens with two attached hydrogens (primary N) is 1. The number of fused-ring (bicyclic) bond motifs is 3. The van der Waals surface area contributed by atoms with Crippen LogP contribution in [0.5, 0.6) is 0 Å². The van der Waals surface area contributed by atoms with Crippen molar-refractivity contribution in [3.8, 4) is 10.6 Å². The first-order valence-corrected chi connectivity index (χ1v) is 8.66. The summed E-state index contributed by atoms with van der Waals surface area (Å²) >= 11 is 1.37. The van der Waals surface area contributed by atoms with Gasteiger partial charge in [0.15, 0.2) is 5.01 Å². The Labute approximate surface area is 148 Å². The number of aromatic nitrogens is 3. The minimum absolute atomic E-state index is 0.173. The Balaban J connectivity index is 1.71. The molecule has 126 valence electrons. The van der Waals surface area contributed by atoms with E-state index in [4.69, 9.17) is 5.73 Å². The highest BCUT2D eigenvalue weighted by Crippen LogP contribution is 2.36. The second-order valence-electron chi connectivity index (χ2n) is 5.69. The van der Waals surface area contributed by atoms with E-state index in [1.54, 1.807) is 7.05 Å². The van der Waals surface area contributed by atoms with Crippen LogP contribution in [-0.2, 0) is 12.8 Å². The fourth-order valence-corrected chi connectivity index (χ4v) is 3.84. The summed E-state index contributed by atoms with van der Waals surface area (Å²) in [6, 6.07) is 7.42. The van der Waals surface area contributed by atoms with Gasteiger partial charge in [-0.05, 0) is 36.6 Å². The van der Waals surface area contributed by atoms with Crippen molar-refractivity contribution < 1.29 is 4.79 Å². The van der Waals surface area contributed by atoms with E-state index in [0.717, 1.165) is 40.4 Å². The van der Waals surface area contributed by atoms with Gasteiger partial charge in [-0.3, -0.25) is 4.79 Å². The average molecular weight is 352 g/mol. The summed E-state index contributed by atoms with van der Waals surface area (Å²) in [7, 11) is 1.60. The zero-order valence-electron chi connectivity index (χ0n) is 13.5. The van der Waals surface area contributed by atoms with Gasteiger partial charge >= 0.3 is 0 Å². The first-order valence-electron chi connectivity index (χ1n) is 7.84. The zero-order chi connectivity index (χ0) is 17.4. The van der Waals surface area contributed by atoms with Gasteiger partial charge in [0.2, 0.25) is 5.95 Å². The third kappa shape index (κ3) is 2.91. The number of aryl methyl sites for hydroxylation is 2. The van der Waals surface area contributed by atoms with Crippen LogP contribution in [0.15, 0.2) is 30.5 Å². The molecule has 0 fully saturated rings. The smallest absolute Gasteiger partial charge is 0.280 e. The van der Waals surface area contributed by atoms with E-state index in [9.17, 15) is 4.79 Å². The molecule has 2 heterocycles. The number of carbonyl (C=O) groups excluding carboxylic acids is 1. The van der Waals surface area contributed by atoms with Gasteiger partial charge in [0.05, 0.1) is 16.3 Å². The number of carbonyl (C=O) groups is 1. The van der Waals surface area contributed by atoms with Gasteiger partial charge in [-0.25, -0.2) is 15.0 Å². The summed E-state index contributed by atoms with van der Waals surface area (Å²) in [5, 5.41) is 6.25. The molecule has 0 saturated carbocycles. The van der Waals surface area contributed by atoms with Crippen LogP contribution < -0.4 is 16.4 Å². The van der Waals surface area contributed by atoms with Crippen LogP contribution in [0.2, 0.25) is 0 Å². The highest BCUT2D eigenvalue weighted by Gasteiger charge is 2.24. The lowest BCUT2D eigenvalue weighted by atomic mass is 10.00. The molecule has 0 aliphatic heterocycles. The molecule has 25 heavy (non-hydrogen) atoms. The molecule has 3 aromatic rings. The van der Waals surface area contributed by atoms with Gasteiger partial charge in [0, 0.05) is 24.6 Å². The normalized spacial score (nSPS) is 12.2. The lowest BCUT2D eigenvalue weighted by Gasteiger charge is -2.15. The van der Waals surface area contributed by atoms with Crippen LogP contribution >= 0.6 is 11.3 Å². The third-order valence-corrected chi connectivity index (χ3v) is 5.08. The zero-order valence-corrected chi connectivity index (χ0v) is 14.4. The number of thiazole rings is 1. The second-order valence-corrected chi connectivity index (χ2v) is 6.69. The third-order valence-electron chi connectivity index (χ3n) is 3.97. The van der Waals surface area contributed by atoms with E-state index in [2.05, 4.69) is 25.6 Å². The number of hydrogen-bond donors (Lipinski definition) is 3. The van der Waals surface area contributed by atoms with Crippen molar-refractivity contribution in [1.82, 2.24) is 20.3 Å².